The smallest absolute Gasteiger partial charge is 0.295 e. The van der Waals surface area contributed by atoms with Gasteiger partial charge >= 0.3 is 0 Å². The Morgan fingerprint density at radius 3 is 2.79 bits per heavy atom. The summed E-state index contributed by atoms with van der Waals surface area (Å²) in [6.07, 6.45) is 6.04. The highest BCUT2D eigenvalue weighted by Crippen LogP contribution is 2.63. The van der Waals surface area contributed by atoms with Crippen molar-refractivity contribution in [2.45, 2.75) is 51.2 Å². The minimum absolute atomic E-state index is 0.0548. The highest BCUT2D eigenvalue weighted by Gasteiger charge is 2.44. The van der Waals surface area contributed by atoms with Crippen molar-refractivity contribution in [3.8, 4) is 0 Å². The Balaban J connectivity index is 1.67. The van der Waals surface area contributed by atoms with E-state index in [4.69, 9.17) is 4.52 Å². The van der Waals surface area contributed by atoms with E-state index in [1.807, 2.05) is 55.0 Å². The van der Waals surface area contributed by atoms with Crippen LogP contribution in [0.4, 0.5) is 0 Å². The van der Waals surface area contributed by atoms with Gasteiger partial charge in [0.2, 0.25) is 0 Å². The van der Waals surface area contributed by atoms with Crippen molar-refractivity contribution < 1.29 is 13.9 Å². The fraction of sp³-hybridized carbons (Fsp3) is 0.526. The summed E-state index contributed by atoms with van der Waals surface area (Å²) in [5, 5.41) is 0. The van der Waals surface area contributed by atoms with Crippen molar-refractivity contribution >= 4 is 13.3 Å². The summed E-state index contributed by atoms with van der Waals surface area (Å²) in [7, 11) is -1.09. The van der Waals surface area contributed by atoms with Crippen molar-refractivity contribution in [1.82, 2.24) is 4.67 Å². The van der Waals surface area contributed by atoms with Crippen molar-refractivity contribution in [3.63, 3.8) is 0 Å². The molecule has 130 valence electrons. The van der Waals surface area contributed by atoms with Gasteiger partial charge in [0.1, 0.15) is 11.9 Å². The largest absolute Gasteiger partial charge is 0.305 e. The first kappa shape index (κ1) is 17.6. The molecule has 1 saturated heterocycles. The molecule has 3 rings (SSSR count). The van der Waals surface area contributed by atoms with Crippen LogP contribution < -0.4 is 0 Å². The highest BCUT2D eigenvalue weighted by molar-refractivity contribution is 7.60. The maximum absolute atomic E-state index is 13.2. The standard InChI is InChI=1S/C19H26NO3P/c1-15-19(17-10-4-3-5-11-17)23-24(22,20(15)2)13-7-9-16-8-6-12-18(21)14-16/h3-5,7,10-11,13,15-16,19H,6,8-9,12,14H2,1-2H3. The summed E-state index contributed by atoms with van der Waals surface area (Å²) < 4.78 is 21.0. The lowest BCUT2D eigenvalue weighted by molar-refractivity contribution is -0.121. The van der Waals surface area contributed by atoms with Gasteiger partial charge in [-0.3, -0.25) is 9.36 Å². The minimum Gasteiger partial charge on any atom is -0.305 e. The van der Waals surface area contributed by atoms with Crippen LogP contribution in [0.1, 0.15) is 50.7 Å². The molecule has 1 aromatic rings. The zero-order chi connectivity index (χ0) is 17.2. The predicted octanol–water partition coefficient (Wildman–Crippen LogP) is 4.93. The van der Waals surface area contributed by atoms with E-state index < -0.39 is 7.52 Å². The molecule has 1 heterocycles. The first-order valence-corrected chi connectivity index (χ1v) is 10.4. The van der Waals surface area contributed by atoms with Gasteiger partial charge < -0.3 is 4.52 Å². The average Bonchev–Trinajstić information content (AvgIpc) is 2.81. The summed E-state index contributed by atoms with van der Waals surface area (Å²) in [5.74, 6) is 2.49. The molecule has 1 aliphatic carbocycles. The molecular formula is C19H26NO3P. The fourth-order valence-electron chi connectivity index (χ4n) is 3.60. The van der Waals surface area contributed by atoms with E-state index in [0.717, 1.165) is 31.2 Å². The number of ketones is 1. The first-order valence-electron chi connectivity index (χ1n) is 8.75. The monoisotopic (exact) mass is 347 g/mol. The third-order valence-electron chi connectivity index (χ3n) is 5.21. The third kappa shape index (κ3) is 3.72. The number of rotatable bonds is 4. The molecule has 0 N–H and O–H groups in total. The molecule has 2 aliphatic rings. The molecule has 1 aromatic carbocycles. The maximum Gasteiger partial charge on any atom is 0.295 e. The molecule has 4 unspecified atom stereocenters. The van der Waals surface area contributed by atoms with Crippen LogP contribution in [-0.4, -0.2) is 23.5 Å². The van der Waals surface area contributed by atoms with Crippen LogP contribution >= 0.6 is 7.52 Å². The number of hydrogen-bond donors (Lipinski definition) is 0. The van der Waals surface area contributed by atoms with E-state index in [1.165, 1.54) is 0 Å². The summed E-state index contributed by atoms with van der Waals surface area (Å²) in [6.45, 7) is 2.05. The average molecular weight is 347 g/mol. The van der Waals surface area contributed by atoms with Gasteiger partial charge in [0.25, 0.3) is 7.52 Å². The Kier molecular flexibility index (Phi) is 5.39. The van der Waals surface area contributed by atoms with Gasteiger partial charge in [0.05, 0.1) is 0 Å². The lowest BCUT2D eigenvalue weighted by Gasteiger charge is -2.20. The summed E-state index contributed by atoms with van der Waals surface area (Å²) in [4.78, 5) is 11.5. The Bertz CT molecular complexity index is 658. The molecule has 4 atom stereocenters. The SMILES string of the molecule is CC1C(c2ccccc2)OP(=O)(C=CCC2CCCC(=O)C2)N1C. The van der Waals surface area contributed by atoms with Crippen LogP contribution in [0.25, 0.3) is 0 Å². The Labute approximate surface area is 144 Å². The number of likely N-dealkylation sites (N-methyl/N-ethyl adjacent to an activating group) is 1. The van der Waals surface area contributed by atoms with Gasteiger partial charge in [0, 0.05) is 24.7 Å². The number of benzene rings is 1. The third-order valence-corrected chi connectivity index (χ3v) is 7.57. The summed E-state index contributed by atoms with van der Waals surface area (Å²) in [5.41, 5.74) is 1.06. The van der Waals surface area contributed by atoms with Gasteiger partial charge in [0.15, 0.2) is 0 Å². The second-order valence-electron chi connectivity index (χ2n) is 6.94. The normalized spacial score (nSPS) is 34.9. The quantitative estimate of drug-likeness (QED) is 0.724. The molecule has 1 saturated carbocycles. The van der Waals surface area contributed by atoms with E-state index in [9.17, 15) is 9.36 Å². The van der Waals surface area contributed by atoms with Crippen LogP contribution in [0.3, 0.4) is 0 Å². The number of nitrogens with zero attached hydrogens (tertiary/aromatic N) is 1. The van der Waals surface area contributed by atoms with Crippen molar-refractivity contribution in [2.75, 3.05) is 7.05 Å². The van der Waals surface area contributed by atoms with Gasteiger partial charge in [-0.15, -0.1) is 0 Å². The molecule has 0 amide bonds. The maximum atomic E-state index is 13.2. The number of Topliss-reactive ketones (excluding diaryl/α,β-unsaturated/α-hetero) is 1. The van der Waals surface area contributed by atoms with Gasteiger partial charge in [-0.2, -0.15) is 0 Å². The van der Waals surface area contributed by atoms with Crippen LogP contribution in [0.2, 0.25) is 0 Å². The lowest BCUT2D eigenvalue weighted by atomic mass is 9.86. The fourth-order valence-corrected chi connectivity index (χ4v) is 5.67. The molecule has 5 heteroatoms. The Morgan fingerprint density at radius 2 is 2.08 bits per heavy atom. The Morgan fingerprint density at radius 1 is 1.33 bits per heavy atom. The van der Waals surface area contributed by atoms with Crippen molar-refractivity contribution in [2.24, 2.45) is 5.92 Å². The van der Waals surface area contributed by atoms with Crippen molar-refractivity contribution in [3.05, 3.63) is 47.8 Å². The molecule has 4 nitrogen and oxygen atoms in total. The number of carbonyl (C=O) groups is 1. The van der Waals surface area contributed by atoms with E-state index in [-0.39, 0.29) is 12.1 Å². The molecule has 1 aliphatic heterocycles. The molecule has 0 bridgehead atoms. The molecule has 2 fully saturated rings. The van der Waals surface area contributed by atoms with Crippen LogP contribution in [-0.2, 0) is 13.9 Å². The molecule has 0 spiro atoms. The zero-order valence-electron chi connectivity index (χ0n) is 14.4. The first-order chi connectivity index (χ1) is 11.5. The van der Waals surface area contributed by atoms with Crippen LogP contribution in [0, 0.1) is 5.92 Å². The molecular weight excluding hydrogens is 321 g/mol. The molecule has 24 heavy (non-hydrogen) atoms. The lowest BCUT2D eigenvalue weighted by Crippen LogP contribution is -2.22. The topological polar surface area (TPSA) is 46.6 Å². The highest BCUT2D eigenvalue weighted by atomic mass is 31.2. The van der Waals surface area contributed by atoms with Gasteiger partial charge in [-0.05, 0) is 44.7 Å². The van der Waals surface area contributed by atoms with Crippen LogP contribution in [0.15, 0.2) is 42.2 Å². The van der Waals surface area contributed by atoms with Gasteiger partial charge in [-0.25, -0.2) is 4.67 Å². The second-order valence-corrected chi connectivity index (χ2v) is 9.20. The number of carbonyl (C=O) groups excluding carboxylic acids is 1. The van der Waals surface area contributed by atoms with E-state index in [0.29, 0.717) is 18.1 Å². The van der Waals surface area contributed by atoms with E-state index in [2.05, 4.69) is 0 Å². The zero-order valence-corrected chi connectivity index (χ0v) is 15.3. The summed E-state index contributed by atoms with van der Waals surface area (Å²) in [6, 6.07) is 10.0. The predicted molar refractivity (Wildman–Crippen MR) is 95.8 cm³/mol. The van der Waals surface area contributed by atoms with Crippen LogP contribution in [0.5, 0.6) is 0 Å². The molecule has 0 aromatic heterocycles. The Hall–Kier alpha value is -1.22. The van der Waals surface area contributed by atoms with Gasteiger partial charge in [-0.1, -0.05) is 36.4 Å². The van der Waals surface area contributed by atoms with Crippen molar-refractivity contribution in [1.29, 1.82) is 0 Å². The molecule has 0 radical (unpaired) electrons. The summed E-state index contributed by atoms with van der Waals surface area (Å²) >= 11 is 0. The second kappa shape index (κ2) is 7.35. The van der Waals surface area contributed by atoms with E-state index in [1.54, 1.807) is 5.82 Å². The van der Waals surface area contributed by atoms with E-state index >= 15 is 0 Å². The number of allylic oxidation sites excluding steroid dienone is 1. The minimum atomic E-state index is -2.95. The number of hydrogen-bond acceptors (Lipinski definition) is 3.